The third-order valence-corrected chi connectivity index (χ3v) is 1.18. The van der Waals surface area contributed by atoms with Gasteiger partial charge in [-0.2, -0.15) is 5.06 Å². The Labute approximate surface area is 57.8 Å². The summed E-state index contributed by atoms with van der Waals surface area (Å²) in [5, 5.41) is 1.20. The maximum absolute atomic E-state index is 10.6. The van der Waals surface area contributed by atoms with Gasteiger partial charge in [0.1, 0.15) is 12.1 Å². The van der Waals surface area contributed by atoms with Crippen molar-refractivity contribution in [3.8, 4) is 0 Å². The Morgan fingerprint density at radius 3 is 3.11 bits per heavy atom. The number of amides is 1. The van der Waals surface area contributed by atoms with E-state index in [-0.39, 0.29) is 11.8 Å². The van der Waals surface area contributed by atoms with Crippen molar-refractivity contribution in [2.75, 3.05) is 12.4 Å². The second-order valence-corrected chi connectivity index (χ2v) is 1.83. The van der Waals surface area contributed by atoms with Crippen molar-refractivity contribution >= 4 is 17.5 Å². The highest BCUT2D eigenvalue weighted by Gasteiger charge is 2.13. The molecule has 0 atom stereocenters. The highest BCUT2D eigenvalue weighted by Crippen LogP contribution is 2.01. The van der Waals surface area contributed by atoms with Gasteiger partial charge in [-0.15, -0.1) is 11.6 Å². The van der Waals surface area contributed by atoms with Crippen LogP contribution in [-0.2, 0) is 9.63 Å². The van der Waals surface area contributed by atoms with Crippen LogP contribution in [0.2, 0.25) is 0 Å². The first-order valence-electron chi connectivity index (χ1n) is 2.52. The highest BCUT2D eigenvalue weighted by atomic mass is 35.5. The number of nitrogens with zero attached hydrogens (tertiary/aromatic N) is 1. The van der Waals surface area contributed by atoms with Crippen LogP contribution in [0, 0.1) is 0 Å². The van der Waals surface area contributed by atoms with Crippen molar-refractivity contribution in [1.29, 1.82) is 0 Å². The first-order chi connectivity index (χ1) is 4.34. The van der Waals surface area contributed by atoms with E-state index >= 15 is 0 Å². The first-order valence-corrected chi connectivity index (χ1v) is 3.06. The zero-order valence-corrected chi connectivity index (χ0v) is 5.47. The van der Waals surface area contributed by atoms with Crippen molar-refractivity contribution in [2.24, 2.45) is 0 Å². The van der Waals surface area contributed by atoms with Crippen LogP contribution in [0.25, 0.3) is 0 Å². The fraction of sp³-hybridized carbons (Fsp3) is 0.400. The van der Waals surface area contributed by atoms with E-state index in [1.165, 1.54) is 11.3 Å². The Kier molecular flexibility index (Phi) is 1.95. The summed E-state index contributed by atoms with van der Waals surface area (Å²) in [5.74, 6) is -0.233. The van der Waals surface area contributed by atoms with Gasteiger partial charge in [-0.3, -0.25) is 4.79 Å². The first kappa shape index (κ1) is 6.42. The Morgan fingerprint density at radius 1 is 1.89 bits per heavy atom. The number of halogens is 1. The molecule has 0 aromatic carbocycles. The molecule has 1 aliphatic rings. The molecular weight excluding hydrogens is 142 g/mol. The number of hydrogen-bond acceptors (Lipinski definition) is 2. The predicted octanol–water partition coefficient (Wildman–Crippen LogP) is 0.513. The van der Waals surface area contributed by atoms with Gasteiger partial charge >= 0.3 is 0 Å². The molecule has 50 valence electrons. The zero-order valence-electron chi connectivity index (χ0n) is 4.71. The van der Waals surface area contributed by atoms with Crippen molar-refractivity contribution < 1.29 is 9.63 Å². The zero-order chi connectivity index (χ0) is 6.69. The smallest absolute Gasteiger partial charge is 0.270 e. The molecule has 0 spiro atoms. The van der Waals surface area contributed by atoms with Crippen molar-refractivity contribution in [3.63, 3.8) is 0 Å². The summed E-state index contributed by atoms with van der Waals surface area (Å²) in [4.78, 5) is 15.4. The van der Waals surface area contributed by atoms with Crippen LogP contribution in [-0.4, -0.2) is 23.4 Å². The summed E-state index contributed by atoms with van der Waals surface area (Å²) in [6.45, 7) is 0.506. The van der Waals surface area contributed by atoms with E-state index < -0.39 is 0 Å². The molecule has 0 bridgehead atoms. The van der Waals surface area contributed by atoms with E-state index in [4.69, 9.17) is 16.4 Å². The summed E-state index contributed by atoms with van der Waals surface area (Å²) in [6.07, 6.45) is 3.20. The number of hydrogen-bond donors (Lipinski definition) is 0. The lowest BCUT2D eigenvalue weighted by Crippen LogP contribution is -2.27. The van der Waals surface area contributed by atoms with Crippen LogP contribution in [0.15, 0.2) is 12.3 Å². The van der Waals surface area contributed by atoms with E-state index in [1.807, 2.05) is 0 Å². The number of hydroxylamine groups is 2. The van der Waals surface area contributed by atoms with Crippen LogP contribution in [0.1, 0.15) is 0 Å². The minimum atomic E-state index is -0.207. The number of alkyl halides is 1. The summed E-state index contributed by atoms with van der Waals surface area (Å²) < 4.78 is 0. The fourth-order valence-corrected chi connectivity index (χ4v) is 0.659. The minimum Gasteiger partial charge on any atom is -0.385 e. The average molecular weight is 148 g/mol. The Morgan fingerprint density at radius 2 is 2.67 bits per heavy atom. The van der Waals surface area contributed by atoms with Gasteiger partial charge in [0.2, 0.25) is 0 Å². The van der Waals surface area contributed by atoms with Gasteiger partial charge < -0.3 is 4.84 Å². The predicted molar refractivity (Wildman–Crippen MR) is 32.7 cm³/mol. The highest BCUT2D eigenvalue weighted by molar-refractivity contribution is 6.27. The van der Waals surface area contributed by atoms with Crippen LogP contribution >= 0.6 is 11.6 Å². The summed E-state index contributed by atoms with van der Waals surface area (Å²) in [6, 6.07) is 0. The molecule has 0 aliphatic carbocycles. The molecule has 1 heterocycles. The molecule has 0 radical (unpaired) electrons. The molecular formula is C5H6ClNO2. The second-order valence-electron chi connectivity index (χ2n) is 1.57. The largest absolute Gasteiger partial charge is 0.385 e. The molecule has 0 aromatic rings. The van der Waals surface area contributed by atoms with Crippen molar-refractivity contribution in [2.45, 2.75) is 0 Å². The molecule has 0 saturated carbocycles. The molecule has 1 rings (SSSR count). The molecule has 0 saturated heterocycles. The van der Waals surface area contributed by atoms with Crippen LogP contribution < -0.4 is 0 Å². The maximum Gasteiger partial charge on any atom is 0.270 e. The number of rotatable bonds is 1. The second kappa shape index (κ2) is 2.73. The minimum absolute atomic E-state index is 0.0261. The number of carbonyl (C=O) groups is 1. The Balaban J connectivity index is 2.36. The lowest BCUT2D eigenvalue weighted by atomic mass is 10.6. The van der Waals surface area contributed by atoms with Gasteiger partial charge in [-0.05, 0) is 6.08 Å². The summed E-state index contributed by atoms with van der Waals surface area (Å²) in [7, 11) is 0. The maximum atomic E-state index is 10.6. The Hall–Kier alpha value is -0.700. The molecule has 0 aromatic heterocycles. The van der Waals surface area contributed by atoms with E-state index in [1.54, 1.807) is 6.08 Å². The quantitative estimate of drug-likeness (QED) is 0.506. The van der Waals surface area contributed by atoms with Gasteiger partial charge in [0.25, 0.3) is 5.91 Å². The Bertz CT molecular complexity index is 138. The molecule has 4 heteroatoms. The molecule has 0 fully saturated rings. The average Bonchev–Trinajstić information content (AvgIpc) is 2.37. The molecule has 0 N–H and O–H groups in total. The summed E-state index contributed by atoms with van der Waals surface area (Å²) in [5.41, 5.74) is 0. The molecule has 1 amide bonds. The third kappa shape index (κ3) is 1.36. The SMILES string of the molecule is O=C(CCl)N1CC=CO1. The van der Waals surface area contributed by atoms with Gasteiger partial charge in [-0.25, -0.2) is 0 Å². The fourth-order valence-electron chi connectivity index (χ4n) is 0.526. The lowest BCUT2D eigenvalue weighted by molar-refractivity contribution is -0.157. The summed E-state index contributed by atoms with van der Waals surface area (Å²) >= 11 is 5.23. The van der Waals surface area contributed by atoms with E-state index in [2.05, 4.69) is 0 Å². The van der Waals surface area contributed by atoms with E-state index in [0.717, 1.165) is 0 Å². The van der Waals surface area contributed by atoms with Gasteiger partial charge in [0.05, 0.1) is 6.54 Å². The van der Waals surface area contributed by atoms with E-state index in [9.17, 15) is 4.79 Å². The molecule has 3 nitrogen and oxygen atoms in total. The topological polar surface area (TPSA) is 29.5 Å². The van der Waals surface area contributed by atoms with Gasteiger partial charge in [-0.1, -0.05) is 0 Å². The van der Waals surface area contributed by atoms with Gasteiger partial charge in [0.15, 0.2) is 0 Å². The lowest BCUT2D eigenvalue weighted by Gasteiger charge is -2.11. The van der Waals surface area contributed by atoms with Crippen LogP contribution in [0.4, 0.5) is 0 Å². The van der Waals surface area contributed by atoms with Crippen molar-refractivity contribution in [3.05, 3.63) is 12.3 Å². The van der Waals surface area contributed by atoms with Gasteiger partial charge in [0, 0.05) is 0 Å². The van der Waals surface area contributed by atoms with E-state index in [0.29, 0.717) is 6.54 Å². The molecule has 1 aliphatic heterocycles. The molecule has 9 heavy (non-hydrogen) atoms. The normalized spacial score (nSPS) is 15.9. The van der Waals surface area contributed by atoms with Crippen LogP contribution in [0.3, 0.4) is 0 Å². The third-order valence-electron chi connectivity index (χ3n) is 0.948. The standard InChI is InChI=1S/C5H6ClNO2/c6-4-5(8)7-2-1-3-9-7/h1,3H,2,4H2. The number of carbonyl (C=O) groups excluding carboxylic acids is 1. The monoisotopic (exact) mass is 147 g/mol. The van der Waals surface area contributed by atoms with Crippen LogP contribution in [0.5, 0.6) is 0 Å². The van der Waals surface area contributed by atoms with Crippen molar-refractivity contribution in [1.82, 2.24) is 5.06 Å². The molecule has 0 unspecified atom stereocenters.